The fourth-order valence-electron chi connectivity index (χ4n) is 2.91. The van der Waals surface area contributed by atoms with Gasteiger partial charge in [0.1, 0.15) is 5.82 Å². The highest BCUT2D eigenvalue weighted by molar-refractivity contribution is 6.39. The molecule has 186 valence electrons. The first-order chi connectivity index (χ1) is 17.3. The molecule has 0 radical (unpaired) electrons. The van der Waals surface area contributed by atoms with Crippen molar-refractivity contribution >= 4 is 35.3 Å². The van der Waals surface area contributed by atoms with Crippen LogP contribution in [0.4, 0.5) is 15.8 Å². The summed E-state index contributed by atoms with van der Waals surface area (Å²) in [4.78, 5) is 36.1. The molecular formula is C26H25FN4O5. The second kappa shape index (κ2) is 12.7. The monoisotopic (exact) mass is 492 g/mol. The number of nitrogens with zero attached hydrogens (tertiary/aromatic N) is 1. The van der Waals surface area contributed by atoms with Crippen LogP contribution in [0.1, 0.15) is 18.1 Å². The number of amides is 3. The molecule has 10 heteroatoms. The Morgan fingerprint density at radius 2 is 1.53 bits per heavy atom. The Morgan fingerprint density at radius 3 is 2.22 bits per heavy atom. The maximum Gasteiger partial charge on any atom is 0.329 e. The van der Waals surface area contributed by atoms with E-state index in [0.29, 0.717) is 35.0 Å². The first-order valence-electron chi connectivity index (χ1n) is 11.0. The Morgan fingerprint density at radius 1 is 0.861 bits per heavy atom. The lowest BCUT2D eigenvalue weighted by atomic mass is 10.2. The second-order valence-corrected chi connectivity index (χ2v) is 7.50. The Hall–Kier alpha value is -4.73. The van der Waals surface area contributed by atoms with E-state index in [1.54, 1.807) is 37.3 Å². The van der Waals surface area contributed by atoms with E-state index >= 15 is 0 Å². The molecule has 0 aliphatic carbocycles. The van der Waals surface area contributed by atoms with Crippen LogP contribution in [-0.2, 0) is 14.4 Å². The molecule has 0 unspecified atom stereocenters. The number of nitrogens with one attached hydrogen (secondary N) is 3. The molecule has 0 aliphatic heterocycles. The van der Waals surface area contributed by atoms with Gasteiger partial charge >= 0.3 is 11.8 Å². The number of benzene rings is 3. The lowest BCUT2D eigenvalue weighted by Gasteiger charge is -2.12. The average Bonchev–Trinajstić information content (AvgIpc) is 2.86. The molecule has 0 bridgehead atoms. The minimum atomic E-state index is -0.927. The zero-order chi connectivity index (χ0) is 25.9. The van der Waals surface area contributed by atoms with Crippen LogP contribution in [0.5, 0.6) is 11.5 Å². The van der Waals surface area contributed by atoms with Gasteiger partial charge in [0.25, 0.3) is 5.91 Å². The van der Waals surface area contributed by atoms with E-state index in [-0.39, 0.29) is 6.61 Å². The number of halogens is 1. The van der Waals surface area contributed by atoms with E-state index < -0.39 is 23.5 Å². The standard InChI is InChI=1S/C26H25FN4O5/c1-3-35-23-14-18(15-28-31-26(34)25(33)30-21-9-4-17(2)5-10-21)6-13-22(23)36-16-24(32)29-20-11-7-19(27)8-12-20/h4-15H,3,16H2,1-2H3,(H,29,32)(H,30,33)(H,31,34)/b28-15-. The zero-order valence-electron chi connectivity index (χ0n) is 19.7. The van der Waals surface area contributed by atoms with Gasteiger partial charge in [-0.1, -0.05) is 17.7 Å². The molecule has 0 aromatic heterocycles. The molecule has 0 saturated carbocycles. The number of ether oxygens (including phenoxy) is 2. The quantitative estimate of drug-likeness (QED) is 0.240. The van der Waals surface area contributed by atoms with Gasteiger partial charge in [-0.25, -0.2) is 9.82 Å². The third kappa shape index (κ3) is 7.94. The van der Waals surface area contributed by atoms with E-state index in [2.05, 4.69) is 21.2 Å². The van der Waals surface area contributed by atoms with Gasteiger partial charge in [-0.2, -0.15) is 5.10 Å². The number of anilines is 2. The fraction of sp³-hybridized carbons (Fsp3) is 0.154. The van der Waals surface area contributed by atoms with Crippen LogP contribution in [0.15, 0.2) is 71.8 Å². The van der Waals surface area contributed by atoms with Crippen LogP contribution >= 0.6 is 0 Å². The van der Waals surface area contributed by atoms with Crippen molar-refractivity contribution in [3.63, 3.8) is 0 Å². The first-order valence-corrected chi connectivity index (χ1v) is 11.0. The molecular weight excluding hydrogens is 467 g/mol. The minimum absolute atomic E-state index is 0.295. The van der Waals surface area contributed by atoms with Crippen molar-refractivity contribution in [1.29, 1.82) is 0 Å². The Kier molecular flexibility index (Phi) is 9.10. The summed E-state index contributed by atoms with van der Waals surface area (Å²) in [6, 6.07) is 17.2. The van der Waals surface area contributed by atoms with Gasteiger partial charge in [-0.05, 0) is 74.0 Å². The van der Waals surface area contributed by atoms with E-state index in [4.69, 9.17) is 9.47 Å². The van der Waals surface area contributed by atoms with Crippen LogP contribution in [0.3, 0.4) is 0 Å². The maximum absolute atomic E-state index is 13.0. The van der Waals surface area contributed by atoms with Crippen LogP contribution in [-0.4, -0.2) is 37.1 Å². The topological polar surface area (TPSA) is 118 Å². The molecule has 3 aromatic carbocycles. The predicted molar refractivity (Wildman–Crippen MR) is 134 cm³/mol. The van der Waals surface area contributed by atoms with Crippen molar-refractivity contribution in [3.05, 3.63) is 83.7 Å². The molecule has 0 aliphatic rings. The molecule has 0 heterocycles. The highest BCUT2D eigenvalue weighted by Crippen LogP contribution is 2.28. The summed E-state index contributed by atoms with van der Waals surface area (Å²) in [5.41, 5.74) is 4.68. The molecule has 36 heavy (non-hydrogen) atoms. The number of hydrogen-bond donors (Lipinski definition) is 3. The summed E-state index contributed by atoms with van der Waals surface area (Å²) >= 11 is 0. The maximum atomic E-state index is 13.0. The number of carbonyl (C=O) groups is 3. The second-order valence-electron chi connectivity index (χ2n) is 7.50. The number of carbonyl (C=O) groups excluding carboxylic acids is 3. The Bertz CT molecular complexity index is 1240. The summed E-state index contributed by atoms with van der Waals surface area (Å²) < 4.78 is 24.1. The summed E-state index contributed by atoms with van der Waals surface area (Å²) in [5, 5.41) is 8.89. The Labute approximate surface area is 207 Å². The van der Waals surface area contributed by atoms with Gasteiger partial charge in [0.2, 0.25) is 0 Å². The molecule has 0 fully saturated rings. The molecule has 3 amide bonds. The fourth-order valence-corrected chi connectivity index (χ4v) is 2.91. The third-order valence-electron chi connectivity index (χ3n) is 4.65. The molecule has 9 nitrogen and oxygen atoms in total. The van der Waals surface area contributed by atoms with Gasteiger partial charge in [-0.3, -0.25) is 14.4 Å². The van der Waals surface area contributed by atoms with Gasteiger partial charge < -0.3 is 20.1 Å². The van der Waals surface area contributed by atoms with Crippen LogP contribution in [0.25, 0.3) is 0 Å². The average molecular weight is 493 g/mol. The number of hydrogen-bond acceptors (Lipinski definition) is 6. The zero-order valence-corrected chi connectivity index (χ0v) is 19.7. The SMILES string of the molecule is CCOc1cc(/C=N\NC(=O)C(=O)Nc2ccc(C)cc2)ccc1OCC(=O)Nc1ccc(F)cc1. The van der Waals surface area contributed by atoms with E-state index in [9.17, 15) is 18.8 Å². The van der Waals surface area contributed by atoms with Gasteiger partial charge in [0.05, 0.1) is 12.8 Å². The van der Waals surface area contributed by atoms with Crippen molar-refractivity contribution in [2.45, 2.75) is 13.8 Å². The summed E-state index contributed by atoms with van der Waals surface area (Å²) in [6.45, 7) is 3.75. The van der Waals surface area contributed by atoms with E-state index in [0.717, 1.165) is 5.56 Å². The van der Waals surface area contributed by atoms with E-state index in [1.807, 2.05) is 19.1 Å². The van der Waals surface area contributed by atoms with Crippen molar-refractivity contribution < 1.29 is 28.2 Å². The first kappa shape index (κ1) is 25.9. The van der Waals surface area contributed by atoms with Gasteiger partial charge in [0, 0.05) is 11.4 Å². The molecule has 3 aromatic rings. The van der Waals surface area contributed by atoms with Crippen molar-refractivity contribution in [2.24, 2.45) is 5.10 Å². The molecule has 3 rings (SSSR count). The summed E-state index contributed by atoms with van der Waals surface area (Å²) in [7, 11) is 0. The lowest BCUT2D eigenvalue weighted by molar-refractivity contribution is -0.136. The Balaban J connectivity index is 1.54. The highest BCUT2D eigenvalue weighted by Gasteiger charge is 2.13. The summed E-state index contributed by atoms with van der Waals surface area (Å²) in [6.07, 6.45) is 1.34. The van der Waals surface area contributed by atoms with Gasteiger partial charge in [-0.15, -0.1) is 0 Å². The highest BCUT2D eigenvalue weighted by atomic mass is 19.1. The number of hydrazone groups is 1. The van der Waals surface area contributed by atoms with Crippen molar-refractivity contribution in [3.8, 4) is 11.5 Å². The van der Waals surface area contributed by atoms with Crippen LogP contribution < -0.4 is 25.5 Å². The van der Waals surface area contributed by atoms with Gasteiger partial charge in [0.15, 0.2) is 18.1 Å². The van der Waals surface area contributed by atoms with Crippen LogP contribution in [0, 0.1) is 12.7 Å². The third-order valence-corrected chi connectivity index (χ3v) is 4.65. The lowest BCUT2D eigenvalue weighted by Crippen LogP contribution is -2.32. The molecule has 0 saturated heterocycles. The smallest absolute Gasteiger partial charge is 0.329 e. The van der Waals surface area contributed by atoms with Crippen molar-refractivity contribution in [1.82, 2.24) is 5.43 Å². The van der Waals surface area contributed by atoms with Crippen LogP contribution in [0.2, 0.25) is 0 Å². The van der Waals surface area contributed by atoms with E-state index in [1.165, 1.54) is 30.5 Å². The molecule has 0 atom stereocenters. The normalized spacial score (nSPS) is 10.5. The summed E-state index contributed by atoms with van der Waals surface area (Å²) in [5.74, 6) is -1.93. The molecule has 0 spiro atoms. The number of aryl methyl sites for hydroxylation is 1. The molecule has 3 N–H and O–H groups in total. The predicted octanol–water partition coefficient (Wildman–Crippen LogP) is 3.64. The largest absolute Gasteiger partial charge is 0.490 e. The minimum Gasteiger partial charge on any atom is -0.490 e. The number of rotatable bonds is 9. The van der Waals surface area contributed by atoms with Crippen molar-refractivity contribution in [2.75, 3.05) is 23.8 Å².